The van der Waals surface area contributed by atoms with E-state index in [-0.39, 0.29) is 11.9 Å². The summed E-state index contributed by atoms with van der Waals surface area (Å²) in [7, 11) is 0. The topological polar surface area (TPSA) is 55.1 Å². The van der Waals surface area contributed by atoms with Gasteiger partial charge in [0.25, 0.3) is 0 Å². The van der Waals surface area contributed by atoms with Gasteiger partial charge in [0.2, 0.25) is 5.91 Å². The maximum Gasteiger partial charge on any atom is 0.225 e. The molecule has 0 saturated carbocycles. The van der Waals surface area contributed by atoms with Crippen LogP contribution in [0.3, 0.4) is 0 Å². The van der Waals surface area contributed by atoms with Crippen molar-refractivity contribution in [1.82, 2.24) is 0 Å². The minimum Gasteiger partial charge on any atom is -0.327 e. The number of anilines is 1. The van der Waals surface area contributed by atoms with Gasteiger partial charge in [-0.15, -0.1) is 0 Å². The maximum absolute atomic E-state index is 11.7. The third-order valence-corrected chi connectivity index (χ3v) is 2.89. The first-order valence-electron chi connectivity index (χ1n) is 5.84. The first-order valence-corrected chi connectivity index (χ1v) is 6.63. The van der Waals surface area contributed by atoms with Gasteiger partial charge in [-0.2, -0.15) is 0 Å². The molecule has 0 aromatic heterocycles. The second-order valence-electron chi connectivity index (χ2n) is 4.32. The summed E-state index contributed by atoms with van der Waals surface area (Å²) in [6, 6.07) is 5.77. The van der Waals surface area contributed by atoms with Crippen LogP contribution in [-0.2, 0) is 4.79 Å². The van der Waals surface area contributed by atoms with Gasteiger partial charge in [0.05, 0.1) is 0 Å². The number of halogens is 1. The Balaban J connectivity index is 2.56. The van der Waals surface area contributed by atoms with E-state index in [1.165, 1.54) is 0 Å². The summed E-state index contributed by atoms with van der Waals surface area (Å²) in [4.78, 5) is 11.7. The molecule has 0 aliphatic rings. The van der Waals surface area contributed by atoms with Crippen molar-refractivity contribution in [3.63, 3.8) is 0 Å². The van der Waals surface area contributed by atoms with Crippen LogP contribution in [-0.4, -0.2) is 11.9 Å². The highest BCUT2D eigenvalue weighted by Crippen LogP contribution is 2.19. The lowest BCUT2D eigenvalue weighted by Crippen LogP contribution is -2.26. The first-order chi connectivity index (χ1) is 8.01. The van der Waals surface area contributed by atoms with Gasteiger partial charge < -0.3 is 11.1 Å². The van der Waals surface area contributed by atoms with Crippen molar-refractivity contribution in [2.75, 3.05) is 5.32 Å². The molecule has 0 spiro atoms. The number of hydrogen-bond donors (Lipinski definition) is 2. The Hall–Kier alpha value is -0.870. The lowest BCUT2D eigenvalue weighted by Gasteiger charge is -2.11. The Morgan fingerprint density at radius 1 is 1.47 bits per heavy atom. The van der Waals surface area contributed by atoms with E-state index in [1.807, 2.05) is 25.1 Å². The fourth-order valence-electron chi connectivity index (χ4n) is 1.73. The molecule has 1 aromatic carbocycles. The number of carbonyl (C=O) groups excluding carboxylic acids is 1. The second kappa shape index (κ2) is 6.77. The molecule has 4 heteroatoms. The molecule has 0 fully saturated rings. The van der Waals surface area contributed by atoms with E-state index in [9.17, 15) is 4.79 Å². The number of carbonyl (C=O) groups is 1. The second-order valence-corrected chi connectivity index (χ2v) is 5.23. The number of amides is 1. The minimum absolute atomic E-state index is 0.0246. The molecule has 0 bridgehead atoms. The normalized spacial score (nSPS) is 12.2. The molecule has 0 radical (unpaired) electrons. The van der Waals surface area contributed by atoms with E-state index in [2.05, 4.69) is 28.2 Å². The SMILES string of the molecule is CCCC(N)CC(=O)Nc1cc(C)cc(Br)c1. The molecule has 1 aromatic rings. The molecule has 0 heterocycles. The van der Waals surface area contributed by atoms with E-state index in [1.54, 1.807) is 0 Å². The van der Waals surface area contributed by atoms with Crippen molar-refractivity contribution < 1.29 is 4.79 Å². The zero-order valence-electron chi connectivity index (χ0n) is 10.3. The van der Waals surface area contributed by atoms with Crippen molar-refractivity contribution in [3.05, 3.63) is 28.2 Å². The predicted octanol–water partition coefficient (Wildman–Crippen LogP) is 3.21. The summed E-state index contributed by atoms with van der Waals surface area (Å²) in [6.07, 6.45) is 2.26. The van der Waals surface area contributed by atoms with Crippen LogP contribution in [0.15, 0.2) is 22.7 Å². The van der Waals surface area contributed by atoms with Crippen molar-refractivity contribution in [2.45, 2.75) is 39.2 Å². The summed E-state index contributed by atoms with van der Waals surface area (Å²) in [5, 5.41) is 2.86. The Kier molecular flexibility index (Phi) is 5.65. The zero-order valence-corrected chi connectivity index (χ0v) is 11.9. The number of benzene rings is 1. The zero-order chi connectivity index (χ0) is 12.8. The Labute approximate surface area is 111 Å². The van der Waals surface area contributed by atoms with E-state index < -0.39 is 0 Å². The monoisotopic (exact) mass is 298 g/mol. The third-order valence-electron chi connectivity index (χ3n) is 2.43. The Morgan fingerprint density at radius 2 is 2.18 bits per heavy atom. The average molecular weight is 299 g/mol. The molecule has 94 valence electrons. The van der Waals surface area contributed by atoms with Crippen molar-refractivity contribution >= 4 is 27.5 Å². The number of aryl methyl sites for hydroxylation is 1. The highest BCUT2D eigenvalue weighted by atomic mass is 79.9. The van der Waals surface area contributed by atoms with E-state index in [4.69, 9.17) is 5.73 Å². The van der Waals surface area contributed by atoms with Gasteiger partial charge in [-0.05, 0) is 37.1 Å². The number of nitrogens with two attached hydrogens (primary N) is 1. The van der Waals surface area contributed by atoms with E-state index in [0.717, 1.165) is 28.6 Å². The third kappa shape index (κ3) is 5.33. The molecular formula is C13H19BrN2O. The highest BCUT2D eigenvalue weighted by Gasteiger charge is 2.09. The molecule has 0 saturated heterocycles. The number of nitrogens with one attached hydrogen (secondary N) is 1. The average Bonchev–Trinajstić information content (AvgIpc) is 2.14. The van der Waals surface area contributed by atoms with Gasteiger partial charge >= 0.3 is 0 Å². The van der Waals surface area contributed by atoms with Crippen LogP contribution in [0.5, 0.6) is 0 Å². The summed E-state index contributed by atoms with van der Waals surface area (Å²) in [5.41, 5.74) is 7.74. The molecule has 17 heavy (non-hydrogen) atoms. The fraction of sp³-hybridized carbons (Fsp3) is 0.462. The molecule has 0 aliphatic heterocycles. The summed E-state index contributed by atoms with van der Waals surface area (Å²) in [5.74, 6) is -0.0246. The van der Waals surface area contributed by atoms with Crippen LogP contribution < -0.4 is 11.1 Å². The van der Waals surface area contributed by atoms with Crippen LogP contribution in [0.25, 0.3) is 0 Å². The van der Waals surface area contributed by atoms with Gasteiger partial charge in [0.15, 0.2) is 0 Å². The Bertz CT molecular complexity index is 373. The maximum atomic E-state index is 11.7. The molecular weight excluding hydrogens is 280 g/mol. The summed E-state index contributed by atoms with van der Waals surface area (Å²) >= 11 is 3.40. The first kappa shape index (κ1) is 14.2. The van der Waals surface area contributed by atoms with Crippen LogP contribution in [0.4, 0.5) is 5.69 Å². The van der Waals surface area contributed by atoms with Crippen LogP contribution >= 0.6 is 15.9 Å². The van der Waals surface area contributed by atoms with Crippen molar-refractivity contribution in [2.24, 2.45) is 5.73 Å². The van der Waals surface area contributed by atoms with Gasteiger partial charge in [-0.1, -0.05) is 29.3 Å². The molecule has 1 unspecified atom stereocenters. The Morgan fingerprint density at radius 3 is 2.76 bits per heavy atom. The number of rotatable bonds is 5. The van der Waals surface area contributed by atoms with Crippen molar-refractivity contribution in [1.29, 1.82) is 0 Å². The smallest absolute Gasteiger partial charge is 0.225 e. The molecule has 3 nitrogen and oxygen atoms in total. The van der Waals surface area contributed by atoms with E-state index in [0.29, 0.717) is 6.42 Å². The molecule has 1 rings (SSSR count). The standard InChI is InChI=1S/C13H19BrN2O/c1-3-4-11(15)8-13(17)16-12-6-9(2)5-10(14)7-12/h5-7,11H,3-4,8,15H2,1-2H3,(H,16,17). The van der Waals surface area contributed by atoms with Crippen LogP contribution in [0, 0.1) is 6.92 Å². The molecule has 3 N–H and O–H groups in total. The van der Waals surface area contributed by atoms with Gasteiger partial charge in [-0.25, -0.2) is 0 Å². The lowest BCUT2D eigenvalue weighted by molar-refractivity contribution is -0.116. The van der Waals surface area contributed by atoms with Crippen LogP contribution in [0.1, 0.15) is 31.7 Å². The van der Waals surface area contributed by atoms with Gasteiger partial charge in [0, 0.05) is 22.6 Å². The largest absolute Gasteiger partial charge is 0.327 e. The lowest BCUT2D eigenvalue weighted by atomic mass is 10.1. The minimum atomic E-state index is -0.0479. The number of hydrogen-bond acceptors (Lipinski definition) is 2. The van der Waals surface area contributed by atoms with Gasteiger partial charge in [-0.3, -0.25) is 4.79 Å². The summed E-state index contributed by atoms with van der Waals surface area (Å²) < 4.78 is 0.964. The van der Waals surface area contributed by atoms with Crippen LogP contribution in [0.2, 0.25) is 0 Å². The van der Waals surface area contributed by atoms with Gasteiger partial charge in [0.1, 0.15) is 0 Å². The molecule has 0 aliphatic carbocycles. The predicted molar refractivity (Wildman–Crippen MR) is 75.0 cm³/mol. The van der Waals surface area contributed by atoms with E-state index >= 15 is 0 Å². The van der Waals surface area contributed by atoms with Crippen molar-refractivity contribution in [3.8, 4) is 0 Å². The fourth-order valence-corrected chi connectivity index (χ4v) is 2.34. The molecule has 1 amide bonds. The highest BCUT2D eigenvalue weighted by molar-refractivity contribution is 9.10. The molecule has 1 atom stereocenters. The quantitative estimate of drug-likeness (QED) is 0.877. The summed E-state index contributed by atoms with van der Waals surface area (Å²) in [6.45, 7) is 4.05.